The van der Waals surface area contributed by atoms with Crippen molar-refractivity contribution in [2.75, 3.05) is 37.8 Å². The van der Waals surface area contributed by atoms with E-state index in [0.717, 1.165) is 30.3 Å². The van der Waals surface area contributed by atoms with Gasteiger partial charge < -0.3 is 15.5 Å². The number of aromatic nitrogens is 2. The van der Waals surface area contributed by atoms with E-state index in [4.69, 9.17) is 5.73 Å². The average Bonchev–Trinajstić information content (AvgIpc) is 2.83. The third-order valence-electron chi connectivity index (χ3n) is 3.85. The topological polar surface area (TPSA) is 50.3 Å². The van der Waals surface area contributed by atoms with Crippen LogP contribution in [-0.4, -0.2) is 47.9 Å². The number of hydrogen-bond acceptors (Lipinski definition) is 4. The summed E-state index contributed by atoms with van der Waals surface area (Å²) >= 11 is 0. The van der Waals surface area contributed by atoms with Gasteiger partial charge in [0.15, 0.2) is 5.82 Å². The lowest BCUT2D eigenvalue weighted by Gasteiger charge is -2.29. The van der Waals surface area contributed by atoms with Crippen LogP contribution in [0.1, 0.15) is 38.3 Å². The van der Waals surface area contributed by atoms with Crippen LogP contribution in [0.4, 0.5) is 11.5 Å². The number of nitrogen functional groups attached to an aromatic ring is 1. The van der Waals surface area contributed by atoms with Crippen LogP contribution in [0.25, 0.3) is 0 Å². The lowest BCUT2D eigenvalue weighted by molar-refractivity contribution is 0.370. The van der Waals surface area contributed by atoms with Crippen LogP contribution < -0.4 is 10.6 Å². The molecule has 0 aliphatic carbocycles. The molecule has 1 aliphatic rings. The van der Waals surface area contributed by atoms with E-state index in [2.05, 4.69) is 42.8 Å². The molecule has 5 heteroatoms. The van der Waals surface area contributed by atoms with Gasteiger partial charge in [-0.15, -0.1) is 0 Å². The quantitative estimate of drug-likeness (QED) is 0.899. The highest BCUT2D eigenvalue weighted by molar-refractivity contribution is 5.68. The lowest BCUT2D eigenvalue weighted by Crippen LogP contribution is -2.38. The lowest BCUT2D eigenvalue weighted by atomic mass is 10.1. The van der Waals surface area contributed by atoms with Gasteiger partial charge in [-0.05, 0) is 32.9 Å². The third-order valence-corrected chi connectivity index (χ3v) is 3.85. The molecule has 1 aromatic rings. The van der Waals surface area contributed by atoms with Gasteiger partial charge in [0.1, 0.15) is 0 Å². The molecule has 1 saturated heterocycles. The van der Waals surface area contributed by atoms with E-state index in [-0.39, 0.29) is 0 Å². The Kier molecular flexibility index (Phi) is 4.04. The summed E-state index contributed by atoms with van der Waals surface area (Å²) in [6.45, 7) is 6.44. The van der Waals surface area contributed by atoms with Crippen molar-refractivity contribution in [3.63, 3.8) is 0 Å². The summed E-state index contributed by atoms with van der Waals surface area (Å²) in [5.41, 5.74) is 8.22. The SMILES string of the molecule is CC(C)c1nn(C)c(N2CCCC2CN(C)C)c1N. The van der Waals surface area contributed by atoms with E-state index < -0.39 is 0 Å². The van der Waals surface area contributed by atoms with Gasteiger partial charge in [0.2, 0.25) is 0 Å². The van der Waals surface area contributed by atoms with Gasteiger partial charge in [-0.25, -0.2) is 0 Å². The Hall–Kier alpha value is -1.23. The number of anilines is 2. The first-order valence-electron chi connectivity index (χ1n) is 7.15. The fourth-order valence-corrected chi connectivity index (χ4v) is 3.04. The molecule has 1 aliphatic heterocycles. The molecule has 0 spiro atoms. The second kappa shape index (κ2) is 5.41. The first-order chi connectivity index (χ1) is 8.91. The fourth-order valence-electron chi connectivity index (χ4n) is 3.04. The number of rotatable bonds is 4. The smallest absolute Gasteiger partial charge is 0.150 e. The normalized spacial score (nSPS) is 19.9. The molecule has 2 rings (SSSR count). The molecule has 0 saturated carbocycles. The highest BCUT2D eigenvalue weighted by Gasteiger charge is 2.30. The Bertz CT molecular complexity index is 435. The van der Waals surface area contributed by atoms with Crippen molar-refractivity contribution < 1.29 is 0 Å². The molecular formula is C14H27N5. The molecule has 0 amide bonds. The van der Waals surface area contributed by atoms with Crippen LogP contribution in [-0.2, 0) is 7.05 Å². The first-order valence-corrected chi connectivity index (χ1v) is 7.15. The van der Waals surface area contributed by atoms with Gasteiger partial charge in [0.25, 0.3) is 0 Å². The Morgan fingerprint density at radius 2 is 2.11 bits per heavy atom. The van der Waals surface area contributed by atoms with Gasteiger partial charge in [0, 0.05) is 26.2 Å². The fraction of sp³-hybridized carbons (Fsp3) is 0.786. The Morgan fingerprint density at radius 1 is 1.42 bits per heavy atom. The standard InChI is InChI=1S/C14H27N5/c1-10(2)13-12(15)14(18(5)16-13)19-8-6-7-11(19)9-17(3)4/h10-11H,6-9,15H2,1-5H3. The molecule has 2 N–H and O–H groups in total. The predicted molar refractivity (Wildman–Crippen MR) is 80.6 cm³/mol. The molecule has 108 valence electrons. The Morgan fingerprint density at radius 3 is 2.63 bits per heavy atom. The van der Waals surface area contributed by atoms with Crippen LogP contribution in [0.2, 0.25) is 0 Å². The van der Waals surface area contributed by atoms with E-state index in [1.165, 1.54) is 12.8 Å². The minimum absolute atomic E-state index is 0.370. The van der Waals surface area contributed by atoms with Crippen LogP contribution in [0.15, 0.2) is 0 Å². The molecule has 0 aromatic carbocycles. The van der Waals surface area contributed by atoms with Crippen LogP contribution in [0.5, 0.6) is 0 Å². The third kappa shape index (κ3) is 2.71. The molecule has 1 aromatic heterocycles. The number of likely N-dealkylation sites (N-methyl/N-ethyl adjacent to an activating group) is 1. The largest absolute Gasteiger partial charge is 0.394 e. The zero-order valence-corrected chi connectivity index (χ0v) is 12.8. The highest BCUT2D eigenvalue weighted by atomic mass is 15.4. The van der Waals surface area contributed by atoms with Crippen molar-refractivity contribution in [3.05, 3.63) is 5.69 Å². The van der Waals surface area contributed by atoms with E-state index in [1.807, 2.05) is 11.7 Å². The van der Waals surface area contributed by atoms with Crippen molar-refractivity contribution in [1.29, 1.82) is 0 Å². The summed E-state index contributed by atoms with van der Waals surface area (Å²) in [6.07, 6.45) is 2.47. The Balaban J connectivity index is 2.30. The van der Waals surface area contributed by atoms with Gasteiger partial charge in [0.05, 0.1) is 11.4 Å². The summed E-state index contributed by atoms with van der Waals surface area (Å²) in [6, 6.07) is 0.549. The van der Waals surface area contributed by atoms with E-state index in [1.54, 1.807) is 0 Å². The second-order valence-corrected chi connectivity index (χ2v) is 6.15. The summed E-state index contributed by atoms with van der Waals surface area (Å²) in [7, 11) is 6.26. The van der Waals surface area contributed by atoms with Gasteiger partial charge in [-0.3, -0.25) is 4.68 Å². The summed E-state index contributed by atoms with van der Waals surface area (Å²) in [5, 5.41) is 4.60. The molecule has 1 fully saturated rings. The molecule has 19 heavy (non-hydrogen) atoms. The summed E-state index contributed by atoms with van der Waals surface area (Å²) in [4.78, 5) is 4.69. The van der Waals surface area contributed by atoms with Gasteiger partial charge >= 0.3 is 0 Å². The highest BCUT2D eigenvalue weighted by Crippen LogP contribution is 2.34. The second-order valence-electron chi connectivity index (χ2n) is 6.15. The summed E-state index contributed by atoms with van der Waals surface area (Å²) in [5.74, 6) is 1.47. The molecule has 2 heterocycles. The van der Waals surface area contributed by atoms with Gasteiger partial charge in [-0.2, -0.15) is 5.10 Å². The maximum atomic E-state index is 6.34. The minimum atomic E-state index is 0.370. The summed E-state index contributed by atoms with van der Waals surface area (Å²) < 4.78 is 1.96. The maximum Gasteiger partial charge on any atom is 0.150 e. The average molecular weight is 265 g/mol. The molecular weight excluding hydrogens is 238 g/mol. The van der Waals surface area contributed by atoms with Crippen molar-refractivity contribution >= 4 is 11.5 Å². The molecule has 1 unspecified atom stereocenters. The van der Waals surface area contributed by atoms with Crippen molar-refractivity contribution in [1.82, 2.24) is 14.7 Å². The van der Waals surface area contributed by atoms with E-state index in [9.17, 15) is 0 Å². The molecule has 1 atom stereocenters. The molecule has 0 radical (unpaired) electrons. The number of nitrogens with two attached hydrogens (primary N) is 1. The number of nitrogens with zero attached hydrogens (tertiary/aromatic N) is 4. The minimum Gasteiger partial charge on any atom is -0.394 e. The maximum absolute atomic E-state index is 6.34. The van der Waals surface area contributed by atoms with E-state index >= 15 is 0 Å². The Labute approximate surface area is 116 Å². The zero-order valence-electron chi connectivity index (χ0n) is 12.8. The van der Waals surface area contributed by atoms with Crippen molar-refractivity contribution in [3.8, 4) is 0 Å². The first kappa shape index (κ1) is 14.2. The van der Waals surface area contributed by atoms with Crippen LogP contribution >= 0.6 is 0 Å². The monoisotopic (exact) mass is 265 g/mol. The van der Waals surface area contributed by atoms with Gasteiger partial charge in [-0.1, -0.05) is 13.8 Å². The van der Waals surface area contributed by atoms with Crippen molar-refractivity contribution in [2.45, 2.75) is 38.6 Å². The number of hydrogen-bond donors (Lipinski definition) is 1. The molecule has 5 nitrogen and oxygen atoms in total. The number of aryl methyl sites for hydroxylation is 1. The van der Waals surface area contributed by atoms with E-state index in [0.29, 0.717) is 12.0 Å². The van der Waals surface area contributed by atoms with Crippen LogP contribution in [0.3, 0.4) is 0 Å². The van der Waals surface area contributed by atoms with Crippen LogP contribution in [0, 0.1) is 0 Å². The zero-order chi connectivity index (χ0) is 14.2. The van der Waals surface area contributed by atoms with Crippen molar-refractivity contribution in [2.24, 2.45) is 7.05 Å². The molecule has 0 bridgehead atoms. The predicted octanol–water partition coefficient (Wildman–Crippen LogP) is 1.66.